The van der Waals surface area contributed by atoms with Crippen molar-refractivity contribution in [3.8, 4) is 0 Å². The van der Waals surface area contributed by atoms with Crippen LogP contribution >= 0.6 is 11.6 Å². The number of rotatable bonds is 2. The third-order valence-electron chi connectivity index (χ3n) is 2.70. The minimum absolute atomic E-state index is 0.202. The smallest absolute Gasteiger partial charge is 0.157 e. The van der Waals surface area contributed by atoms with Crippen molar-refractivity contribution in [1.82, 2.24) is 0 Å². The van der Waals surface area contributed by atoms with Crippen LogP contribution in [0.3, 0.4) is 0 Å². The van der Waals surface area contributed by atoms with E-state index in [2.05, 4.69) is 5.32 Å². The second-order valence-electron chi connectivity index (χ2n) is 4.07. The quantitative estimate of drug-likeness (QED) is 0.847. The van der Waals surface area contributed by atoms with Gasteiger partial charge in [-0.15, -0.1) is 0 Å². The second-order valence-corrected chi connectivity index (χ2v) is 4.51. The zero-order valence-electron chi connectivity index (χ0n) is 9.22. The third kappa shape index (κ3) is 2.64. The Hall–Kier alpha value is -1.28. The van der Waals surface area contributed by atoms with Gasteiger partial charge in [0.1, 0.15) is 0 Å². The average Bonchev–Trinajstić information content (AvgIpc) is 2.24. The van der Waals surface area contributed by atoms with Crippen LogP contribution in [0.4, 0.5) is 5.69 Å². The molecule has 0 heterocycles. The Morgan fingerprint density at radius 1 is 1.31 bits per heavy atom. The summed E-state index contributed by atoms with van der Waals surface area (Å²) in [7, 11) is 0. The molecule has 1 aliphatic rings. The molecular formula is C13H14ClNO. The van der Waals surface area contributed by atoms with Crippen molar-refractivity contribution in [1.29, 1.82) is 0 Å². The fraction of sp³-hybridized carbons (Fsp3) is 0.308. The molecule has 2 nitrogen and oxygen atoms in total. The van der Waals surface area contributed by atoms with Crippen LogP contribution in [-0.2, 0) is 4.79 Å². The fourth-order valence-electron chi connectivity index (χ4n) is 1.79. The van der Waals surface area contributed by atoms with E-state index in [-0.39, 0.29) is 5.78 Å². The van der Waals surface area contributed by atoms with Crippen molar-refractivity contribution < 1.29 is 4.79 Å². The Balaban J connectivity index is 2.20. The van der Waals surface area contributed by atoms with E-state index in [0.717, 1.165) is 29.8 Å². The Labute approximate surface area is 100 Å². The van der Waals surface area contributed by atoms with Crippen LogP contribution in [0.2, 0.25) is 5.02 Å². The second kappa shape index (κ2) is 4.71. The molecule has 0 radical (unpaired) electrons. The third-order valence-corrected chi connectivity index (χ3v) is 2.93. The molecule has 1 N–H and O–H groups in total. The zero-order valence-corrected chi connectivity index (χ0v) is 9.97. The van der Waals surface area contributed by atoms with E-state index in [9.17, 15) is 4.79 Å². The number of aryl methyl sites for hydroxylation is 1. The first-order valence-electron chi connectivity index (χ1n) is 5.42. The van der Waals surface area contributed by atoms with E-state index in [4.69, 9.17) is 11.6 Å². The lowest BCUT2D eigenvalue weighted by atomic mass is 10.0. The normalized spacial score (nSPS) is 15.9. The summed E-state index contributed by atoms with van der Waals surface area (Å²) in [6.45, 7) is 2.02. The number of halogens is 1. The van der Waals surface area contributed by atoms with Gasteiger partial charge in [-0.05, 0) is 37.5 Å². The van der Waals surface area contributed by atoms with Gasteiger partial charge in [0.2, 0.25) is 0 Å². The summed E-state index contributed by atoms with van der Waals surface area (Å²) in [5, 5.41) is 3.98. The number of benzene rings is 1. The molecule has 0 fully saturated rings. The number of nitrogens with one attached hydrogen (secondary N) is 1. The van der Waals surface area contributed by atoms with Gasteiger partial charge in [-0.1, -0.05) is 17.7 Å². The van der Waals surface area contributed by atoms with E-state index in [0.29, 0.717) is 11.4 Å². The maximum absolute atomic E-state index is 11.3. The number of hydrogen-bond donors (Lipinski definition) is 1. The summed E-state index contributed by atoms with van der Waals surface area (Å²) < 4.78 is 0. The molecule has 1 aromatic rings. The standard InChI is InChI=1S/C13H14ClNO/c1-9-5-6-10(14)7-13(9)15-11-3-2-4-12(16)8-11/h5-8,15H,2-4H2,1H3. The van der Waals surface area contributed by atoms with Gasteiger partial charge in [-0.25, -0.2) is 0 Å². The lowest BCUT2D eigenvalue weighted by Crippen LogP contribution is -2.09. The molecule has 0 atom stereocenters. The maximum Gasteiger partial charge on any atom is 0.157 e. The van der Waals surface area contributed by atoms with Crippen molar-refractivity contribution in [2.45, 2.75) is 26.2 Å². The van der Waals surface area contributed by atoms with Crippen LogP contribution in [-0.4, -0.2) is 5.78 Å². The topological polar surface area (TPSA) is 29.1 Å². The fourth-order valence-corrected chi connectivity index (χ4v) is 1.96. The maximum atomic E-state index is 11.3. The summed E-state index contributed by atoms with van der Waals surface area (Å²) in [5.41, 5.74) is 3.10. The highest BCUT2D eigenvalue weighted by atomic mass is 35.5. The molecule has 0 amide bonds. The average molecular weight is 236 g/mol. The van der Waals surface area contributed by atoms with Gasteiger partial charge in [0, 0.05) is 28.9 Å². The monoisotopic (exact) mass is 235 g/mol. The highest BCUT2D eigenvalue weighted by Gasteiger charge is 2.10. The molecule has 16 heavy (non-hydrogen) atoms. The van der Waals surface area contributed by atoms with Crippen molar-refractivity contribution in [3.05, 3.63) is 40.6 Å². The summed E-state index contributed by atoms with van der Waals surface area (Å²) >= 11 is 5.94. The minimum Gasteiger partial charge on any atom is -0.359 e. The van der Waals surface area contributed by atoms with Gasteiger partial charge in [0.15, 0.2) is 5.78 Å². The first-order chi connectivity index (χ1) is 7.65. The Kier molecular flexibility index (Phi) is 3.30. The molecule has 1 aliphatic carbocycles. The SMILES string of the molecule is Cc1ccc(Cl)cc1NC1=CC(=O)CCC1. The molecule has 0 saturated carbocycles. The first-order valence-corrected chi connectivity index (χ1v) is 5.79. The van der Waals surface area contributed by atoms with E-state index in [1.807, 2.05) is 25.1 Å². The van der Waals surface area contributed by atoms with Crippen LogP contribution in [0.1, 0.15) is 24.8 Å². The molecule has 84 valence electrons. The number of carbonyl (C=O) groups excluding carboxylic acids is 1. The van der Waals surface area contributed by atoms with E-state index in [1.165, 1.54) is 0 Å². The van der Waals surface area contributed by atoms with Crippen LogP contribution in [0.25, 0.3) is 0 Å². The number of allylic oxidation sites excluding steroid dienone is 2. The number of ketones is 1. The molecule has 0 bridgehead atoms. The number of carbonyl (C=O) groups is 1. The Morgan fingerprint density at radius 2 is 2.12 bits per heavy atom. The van der Waals surface area contributed by atoms with Crippen LogP contribution in [0, 0.1) is 6.92 Å². The highest BCUT2D eigenvalue weighted by Crippen LogP contribution is 2.24. The lowest BCUT2D eigenvalue weighted by Gasteiger charge is -2.16. The molecule has 1 aromatic carbocycles. The molecular weight excluding hydrogens is 222 g/mol. The first kappa shape index (κ1) is 11.2. The number of hydrogen-bond acceptors (Lipinski definition) is 2. The molecule has 0 spiro atoms. The predicted octanol–water partition coefficient (Wildman–Crippen LogP) is 3.70. The Morgan fingerprint density at radius 3 is 2.88 bits per heavy atom. The van der Waals surface area contributed by atoms with Crippen molar-refractivity contribution in [3.63, 3.8) is 0 Å². The summed E-state index contributed by atoms with van der Waals surface area (Å²) in [6.07, 6.45) is 4.22. The molecule has 0 saturated heterocycles. The molecule has 0 aromatic heterocycles. The van der Waals surface area contributed by atoms with Crippen molar-refractivity contribution in [2.75, 3.05) is 5.32 Å². The van der Waals surface area contributed by atoms with Crippen molar-refractivity contribution >= 4 is 23.1 Å². The molecule has 3 heteroatoms. The highest BCUT2D eigenvalue weighted by molar-refractivity contribution is 6.30. The minimum atomic E-state index is 0.202. The molecule has 0 unspecified atom stereocenters. The van der Waals surface area contributed by atoms with Crippen LogP contribution < -0.4 is 5.32 Å². The Bertz CT molecular complexity index is 451. The van der Waals surface area contributed by atoms with E-state index < -0.39 is 0 Å². The van der Waals surface area contributed by atoms with Gasteiger partial charge in [-0.3, -0.25) is 4.79 Å². The lowest BCUT2D eigenvalue weighted by molar-refractivity contribution is -0.115. The van der Waals surface area contributed by atoms with E-state index in [1.54, 1.807) is 6.08 Å². The summed E-state index contributed by atoms with van der Waals surface area (Å²) in [5.74, 6) is 0.202. The summed E-state index contributed by atoms with van der Waals surface area (Å²) in [4.78, 5) is 11.3. The van der Waals surface area contributed by atoms with Gasteiger partial charge in [0.05, 0.1) is 0 Å². The largest absolute Gasteiger partial charge is 0.359 e. The van der Waals surface area contributed by atoms with Gasteiger partial charge in [0.25, 0.3) is 0 Å². The van der Waals surface area contributed by atoms with E-state index >= 15 is 0 Å². The zero-order chi connectivity index (χ0) is 11.5. The number of anilines is 1. The van der Waals surface area contributed by atoms with Gasteiger partial charge < -0.3 is 5.32 Å². The van der Waals surface area contributed by atoms with Gasteiger partial charge >= 0.3 is 0 Å². The predicted molar refractivity (Wildman–Crippen MR) is 66.8 cm³/mol. The van der Waals surface area contributed by atoms with Crippen LogP contribution in [0.5, 0.6) is 0 Å². The molecule has 0 aliphatic heterocycles. The van der Waals surface area contributed by atoms with Crippen molar-refractivity contribution in [2.24, 2.45) is 0 Å². The molecule has 2 rings (SSSR count). The van der Waals surface area contributed by atoms with Gasteiger partial charge in [-0.2, -0.15) is 0 Å². The summed E-state index contributed by atoms with van der Waals surface area (Å²) in [6, 6.07) is 5.72. The van der Waals surface area contributed by atoms with Crippen LogP contribution in [0.15, 0.2) is 30.0 Å².